The van der Waals surface area contributed by atoms with Gasteiger partial charge in [-0.25, -0.2) is 4.79 Å². The monoisotopic (exact) mass is 488 g/mol. The number of carbonyl (C=O) groups is 4. The van der Waals surface area contributed by atoms with Crippen molar-refractivity contribution in [2.24, 2.45) is 5.73 Å². The van der Waals surface area contributed by atoms with Crippen LogP contribution in [0.5, 0.6) is 0 Å². The number of rotatable bonds is 12. The van der Waals surface area contributed by atoms with Crippen LogP contribution in [-0.2, 0) is 19.1 Å². The molecule has 0 saturated heterocycles. The van der Waals surface area contributed by atoms with Crippen LogP contribution >= 0.6 is 0 Å². The minimum atomic E-state index is -1.25. The number of nitrogens with zero attached hydrogens (tertiary/aromatic N) is 1. The summed E-state index contributed by atoms with van der Waals surface area (Å²) in [6.45, 7) is 7.69. The first-order chi connectivity index (χ1) is 16.5. The maximum absolute atomic E-state index is 13.9. The molecule has 0 spiro atoms. The molecule has 0 aliphatic heterocycles. The molecule has 0 heterocycles. The number of alkyl carbamates (subject to hydrolysis) is 1. The molecule has 2 unspecified atom stereocenters. The first-order valence-corrected chi connectivity index (χ1v) is 12.5. The fraction of sp³-hybridized carbons (Fsp3) is 0.615. The van der Waals surface area contributed by atoms with Gasteiger partial charge in [-0.15, -0.1) is 0 Å². The summed E-state index contributed by atoms with van der Waals surface area (Å²) in [4.78, 5) is 53.1. The molecule has 4 amide bonds. The van der Waals surface area contributed by atoms with Gasteiger partial charge >= 0.3 is 6.09 Å². The molecule has 1 aliphatic carbocycles. The Balaban J connectivity index is 2.38. The third-order valence-electron chi connectivity index (χ3n) is 5.84. The zero-order chi connectivity index (χ0) is 26.0. The zero-order valence-corrected chi connectivity index (χ0v) is 21.3. The van der Waals surface area contributed by atoms with Gasteiger partial charge in [-0.3, -0.25) is 14.4 Å². The SMILES string of the molecule is CCCCCNC(=O)C(c1ccccc1)N(C(=O)C(CC(N)=O)NC(=O)OC(C)(C)C)C1CCC1. The van der Waals surface area contributed by atoms with Crippen molar-refractivity contribution in [3.8, 4) is 0 Å². The molecule has 9 heteroatoms. The van der Waals surface area contributed by atoms with Crippen LogP contribution in [0, 0.1) is 0 Å². The summed E-state index contributed by atoms with van der Waals surface area (Å²) in [6, 6.07) is 6.75. The quantitative estimate of drug-likeness (QED) is 0.389. The Bertz CT molecular complexity index is 864. The molecule has 0 aromatic heterocycles. The molecule has 194 valence electrons. The van der Waals surface area contributed by atoms with Gasteiger partial charge in [-0.1, -0.05) is 50.1 Å². The normalized spacial score (nSPS) is 15.3. The van der Waals surface area contributed by atoms with Crippen molar-refractivity contribution in [1.82, 2.24) is 15.5 Å². The van der Waals surface area contributed by atoms with E-state index in [9.17, 15) is 19.2 Å². The van der Waals surface area contributed by atoms with Gasteiger partial charge in [-0.05, 0) is 52.0 Å². The number of hydrogen-bond acceptors (Lipinski definition) is 5. The lowest BCUT2D eigenvalue weighted by atomic mass is 9.88. The third-order valence-corrected chi connectivity index (χ3v) is 5.84. The molecule has 1 aliphatic rings. The van der Waals surface area contributed by atoms with Crippen molar-refractivity contribution in [3.05, 3.63) is 35.9 Å². The highest BCUT2D eigenvalue weighted by Crippen LogP contribution is 2.34. The summed E-state index contributed by atoms with van der Waals surface area (Å²) >= 11 is 0. The molecule has 4 N–H and O–H groups in total. The summed E-state index contributed by atoms with van der Waals surface area (Å²) in [6.07, 6.45) is 4.01. The second-order valence-corrected chi connectivity index (χ2v) is 10.0. The topological polar surface area (TPSA) is 131 Å². The van der Waals surface area contributed by atoms with Crippen molar-refractivity contribution in [1.29, 1.82) is 0 Å². The Hall–Kier alpha value is -3.10. The largest absolute Gasteiger partial charge is 0.444 e. The van der Waals surface area contributed by atoms with Gasteiger partial charge in [0.15, 0.2) is 0 Å². The Kier molecular flexibility index (Phi) is 10.5. The third kappa shape index (κ3) is 8.88. The average Bonchev–Trinajstić information content (AvgIpc) is 2.73. The Labute approximate surface area is 208 Å². The molecule has 0 radical (unpaired) electrons. The molecule has 2 atom stereocenters. The van der Waals surface area contributed by atoms with Crippen molar-refractivity contribution in [2.45, 2.75) is 96.4 Å². The maximum Gasteiger partial charge on any atom is 0.408 e. The van der Waals surface area contributed by atoms with E-state index < -0.39 is 42.0 Å². The molecular weight excluding hydrogens is 448 g/mol. The molecule has 2 rings (SSSR count). The van der Waals surface area contributed by atoms with E-state index in [-0.39, 0.29) is 11.9 Å². The molecule has 9 nitrogen and oxygen atoms in total. The standard InChI is InChI=1S/C26H40N4O5/c1-5-6-10-16-28-23(32)22(18-12-8-7-9-13-18)30(19-14-11-15-19)24(33)20(17-21(27)31)29-25(34)35-26(2,3)4/h7-9,12-13,19-20,22H,5-6,10-11,14-17H2,1-4H3,(H2,27,31)(H,28,32)(H,29,34). The zero-order valence-electron chi connectivity index (χ0n) is 21.3. The molecular formula is C26H40N4O5. The van der Waals surface area contributed by atoms with Gasteiger partial charge in [0.05, 0.1) is 6.42 Å². The number of benzene rings is 1. The van der Waals surface area contributed by atoms with Crippen molar-refractivity contribution in [3.63, 3.8) is 0 Å². The van der Waals surface area contributed by atoms with E-state index in [2.05, 4.69) is 17.6 Å². The van der Waals surface area contributed by atoms with Crippen LogP contribution in [0.15, 0.2) is 30.3 Å². The summed E-state index contributed by atoms with van der Waals surface area (Å²) in [5, 5.41) is 5.48. The number of carbonyl (C=O) groups excluding carboxylic acids is 4. The van der Waals surface area contributed by atoms with E-state index in [1.165, 1.54) is 4.90 Å². The van der Waals surface area contributed by atoms with Gasteiger partial charge in [0.1, 0.15) is 17.7 Å². The van der Waals surface area contributed by atoms with E-state index in [1.807, 2.05) is 18.2 Å². The van der Waals surface area contributed by atoms with E-state index in [0.717, 1.165) is 38.5 Å². The van der Waals surface area contributed by atoms with Crippen LogP contribution in [0.2, 0.25) is 0 Å². The lowest BCUT2D eigenvalue weighted by molar-refractivity contribution is -0.148. The number of unbranched alkanes of at least 4 members (excludes halogenated alkanes) is 2. The summed E-state index contributed by atoms with van der Waals surface area (Å²) in [5.74, 6) is -1.56. The Morgan fingerprint density at radius 2 is 1.77 bits per heavy atom. The smallest absolute Gasteiger partial charge is 0.408 e. The summed E-state index contributed by atoms with van der Waals surface area (Å²) < 4.78 is 5.30. The number of ether oxygens (including phenoxy) is 1. The van der Waals surface area contributed by atoms with E-state index in [0.29, 0.717) is 12.1 Å². The molecule has 0 bridgehead atoms. The first kappa shape index (κ1) is 28.1. The van der Waals surface area contributed by atoms with E-state index >= 15 is 0 Å². The highest BCUT2D eigenvalue weighted by atomic mass is 16.6. The number of primary amides is 1. The van der Waals surface area contributed by atoms with E-state index in [4.69, 9.17) is 10.5 Å². The minimum absolute atomic E-state index is 0.190. The average molecular weight is 489 g/mol. The van der Waals surface area contributed by atoms with Crippen LogP contribution in [0.4, 0.5) is 4.79 Å². The van der Waals surface area contributed by atoms with Crippen molar-refractivity contribution >= 4 is 23.8 Å². The molecule has 1 aromatic rings. The lowest BCUT2D eigenvalue weighted by Crippen LogP contribution is -2.58. The fourth-order valence-electron chi connectivity index (χ4n) is 3.97. The van der Waals surface area contributed by atoms with Crippen LogP contribution in [0.1, 0.15) is 84.2 Å². The summed E-state index contributed by atoms with van der Waals surface area (Å²) in [7, 11) is 0. The number of nitrogens with two attached hydrogens (primary N) is 1. The van der Waals surface area contributed by atoms with Gasteiger partial charge in [-0.2, -0.15) is 0 Å². The molecule has 1 saturated carbocycles. The lowest BCUT2D eigenvalue weighted by Gasteiger charge is -2.43. The predicted molar refractivity (Wildman–Crippen MR) is 133 cm³/mol. The van der Waals surface area contributed by atoms with E-state index in [1.54, 1.807) is 32.9 Å². The van der Waals surface area contributed by atoms with Crippen molar-refractivity contribution < 1.29 is 23.9 Å². The second kappa shape index (κ2) is 13.1. The highest BCUT2D eigenvalue weighted by molar-refractivity contribution is 5.94. The van der Waals surface area contributed by atoms with Gasteiger partial charge in [0, 0.05) is 12.6 Å². The minimum Gasteiger partial charge on any atom is -0.444 e. The maximum atomic E-state index is 13.9. The number of amides is 4. The molecule has 1 fully saturated rings. The van der Waals surface area contributed by atoms with Gasteiger partial charge in [0.2, 0.25) is 17.7 Å². The number of hydrogen-bond donors (Lipinski definition) is 3. The van der Waals surface area contributed by atoms with Crippen LogP contribution < -0.4 is 16.4 Å². The van der Waals surface area contributed by atoms with Gasteiger partial charge < -0.3 is 26.0 Å². The van der Waals surface area contributed by atoms with Gasteiger partial charge in [0.25, 0.3) is 0 Å². The Morgan fingerprint density at radius 1 is 1.11 bits per heavy atom. The van der Waals surface area contributed by atoms with Crippen LogP contribution in [0.3, 0.4) is 0 Å². The van der Waals surface area contributed by atoms with Crippen LogP contribution in [-0.4, -0.2) is 52.9 Å². The number of nitrogens with one attached hydrogen (secondary N) is 2. The van der Waals surface area contributed by atoms with Crippen molar-refractivity contribution in [2.75, 3.05) is 6.54 Å². The Morgan fingerprint density at radius 3 is 2.29 bits per heavy atom. The summed E-state index contributed by atoms with van der Waals surface area (Å²) in [5.41, 5.74) is 5.29. The predicted octanol–water partition coefficient (Wildman–Crippen LogP) is 3.18. The van der Waals surface area contributed by atoms with Crippen LogP contribution in [0.25, 0.3) is 0 Å². The fourth-order valence-corrected chi connectivity index (χ4v) is 3.97. The first-order valence-electron chi connectivity index (χ1n) is 12.5. The molecule has 1 aromatic carbocycles. The highest BCUT2D eigenvalue weighted by Gasteiger charge is 2.42. The second-order valence-electron chi connectivity index (χ2n) is 10.0. The molecule has 35 heavy (non-hydrogen) atoms.